The average Bonchev–Trinajstić information content (AvgIpc) is 3.73. The van der Waals surface area contributed by atoms with E-state index in [-0.39, 0.29) is 0 Å². The molecule has 7 nitrogen and oxygen atoms in total. The monoisotopic (exact) mass is 836 g/mol. The highest BCUT2D eigenvalue weighted by atomic mass is 16.5. The number of hydrogen-bond donors (Lipinski definition) is 0. The Morgan fingerprint density at radius 3 is 1.58 bits per heavy atom. The van der Waals surface area contributed by atoms with Crippen molar-refractivity contribution in [2.24, 2.45) is 0 Å². The van der Waals surface area contributed by atoms with Crippen LogP contribution in [0.1, 0.15) is 0 Å². The summed E-state index contributed by atoms with van der Waals surface area (Å²) in [5.74, 6) is 3.72. The Labute approximate surface area is 373 Å². The van der Waals surface area contributed by atoms with Crippen molar-refractivity contribution in [1.29, 1.82) is 0 Å². The molecule has 0 bridgehead atoms. The highest BCUT2D eigenvalue weighted by Gasteiger charge is 2.31. The van der Waals surface area contributed by atoms with Crippen LogP contribution in [0.2, 0.25) is 0 Å². The maximum atomic E-state index is 6.84. The molecule has 0 spiro atoms. The zero-order chi connectivity index (χ0) is 43.0. The minimum Gasteiger partial charge on any atom is -0.497 e. The molecule has 1 aliphatic rings. The van der Waals surface area contributed by atoms with E-state index in [1.165, 1.54) is 10.8 Å². The molecule has 0 N–H and O–H groups in total. The zero-order valence-corrected chi connectivity index (χ0v) is 35.1. The first-order valence-electron chi connectivity index (χ1n) is 21.6. The second-order valence-electron chi connectivity index (χ2n) is 16.4. The van der Waals surface area contributed by atoms with Crippen LogP contribution in [0.15, 0.2) is 205 Å². The number of aromatic nitrogens is 3. The van der Waals surface area contributed by atoms with Crippen LogP contribution >= 0.6 is 0 Å². The molecule has 0 atom stereocenters. The van der Waals surface area contributed by atoms with E-state index in [9.17, 15) is 0 Å². The molecule has 65 heavy (non-hydrogen) atoms. The molecule has 1 aliphatic heterocycles. The Morgan fingerprint density at radius 2 is 0.908 bits per heavy atom. The molecule has 0 aliphatic carbocycles. The number of furan rings is 1. The number of fused-ring (bicyclic) bond motifs is 11. The molecule has 0 amide bonds. The molecule has 0 fully saturated rings. The number of ether oxygens (including phenoxy) is 2. The van der Waals surface area contributed by atoms with Gasteiger partial charge in [0.1, 0.15) is 16.9 Å². The number of benzene rings is 10. The van der Waals surface area contributed by atoms with Gasteiger partial charge in [0.25, 0.3) is 0 Å². The van der Waals surface area contributed by atoms with Gasteiger partial charge in [0.05, 0.1) is 18.5 Å². The lowest BCUT2D eigenvalue weighted by Gasteiger charge is -2.31. The molecule has 0 unspecified atom stereocenters. The number of hydrogen-bond acceptors (Lipinski definition) is 7. The largest absolute Gasteiger partial charge is 0.497 e. The third kappa shape index (κ3) is 6.08. The summed E-state index contributed by atoms with van der Waals surface area (Å²) in [5, 5.41) is 8.82. The van der Waals surface area contributed by atoms with Crippen molar-refractivity contribution >= 4 is 71.6 Å². The second kappa shape index (κ2) is 14.6. The Balaban J connectivity index is 1.03. The summed E-state index contributed by atoms with van der Waals surface area (Å²) in [5.41, 5.74) is 9.16. The minimum atomic E-state index is 0.451. The van der Waals surface area contributed by atoms with E-state index in [2.05, 4.69) is 163 Å². The van der Waals surface area contributed by atoms with Gasteiger partial charge >= 0.3 is 0 Å². The first kappa shape index (κ1) is 36.8. The molecule has 0 radical (unpaired) electrons. The zero-order valence-electron chi connectivity index (χ0n) is 35.1. The van der Waals surface area contributed by atoms with Crippen LogP contribution in [0.5, 0.6) is 17.2 Å². The summed E-state index contributed by atoms with van der Waals surface area (Å²) in [6.07, 6.45) is 0. The van der Waals surface area contributed by atoms with Crippen LogP contribution in [0.3, 0.4) is 0 Å². The molecular weight excluding hydrogens is 801 g/mol. The molecule has 12 aromatic rings. The fourth-order valence-corrected chi connectivity index (χ4v) is 9.45. The van der Waals surface area contributed by atoms with Crippen LogP contribution in [-0.2, 0) is 0 Å². The third-order valence-electron chi connectivity index (χ3n) is 12.6. The van der Waals surface area contributed by atoms with Gasteiger partial charge in [-0.1, -0.05) is 140 Å². The van der Waals surface area contributed by atoms with Gasteiger partial charge in [-0.05, 0) is 109 Å². The summed E-state index contributed by atoms with van der Waals surface area (Å²) in [6.45, 7) is 0. The van der Waals surface area contributed by atoms with Crippen molar-refractivity contribution in [3.8, 4) is 62.3 Å². The van der Waals surface area contributed by atoms with E-state index < -0.39 is 0 Å². The van der Waals surface area contributed by atoms with Gasteiger partial charge < -0.3 is 13.9 Å². The van der Waals surface area contributed by atoms with Crippen molar-refractivity contribution in [3.05, 3.63) is 200 Å². The van der Waals surface area contributed by atoms with Crippen molar-refractivity contribution < 1.29 is 13.9 Å². The van der Waals surface area contributed by atoms with E-state index in [0.29, 0.717) is 29.1 Å². The number of anilines is 3. The maximum absolute atomic E-state index is 6.84. The molecule has 0 saturated heterocycles. The van der Waals surface area contributed by atoms with Crippen molar-refractivity contribution in [3.63, 3.8) is 0 Å². The van der Waals surface area contributed by atoms with Crippen LogP contribution in [-0.4, -0.2) is 22.1 Å². The quantitative estimate of drug-likeness (QED) is 0.154. The predicted molar refractivity (Wildman–Crippen MR) is 263 cm³/mol. The SMILES string of the molecule is COc1ccc2c(c1)c1ccccc1c1cc3c(cc21)oc1cc2c(cc13)Oc1ccccc1N2c1nc(-c2cccc(-c3ccccc3)c2)nc(-c2cccc(-c3ccccc3)c2)n1. The van der Waals surface area contributed by atoms with Gasteiger partial charge in [0.2, 0.25) is 5.95 Å². The molecule has 13 rings (SSSR count). The Bertz CT molecular complexity index is 3760. The lowest BCUT2D eigenvalue weighted by atomic mass is 9.93. The molecule has 10 aromatic carbocycles. The van der Waals surface area contributed by atoms with Crippen molar-refractivity contribution in [2.75, 3.05) is 12.0 Å². The first-order valence-corrected chi connectivity index (χ1v) is 21.6. The van der Waals surface area contributed by atoms with Crippen LogP contribution < -0.4 is 14.4 Å². The average molecular weight is 837 g/mol. The molecule has 2 aromatic heterocycles. The summed E-state index contributed by atoms with van der Waals surface area (Å²) < 4.78 is 19.3. The number of para-hydroxylation sites is 2. The summed E-state index contributed by atoms with van der Waals surface area (Å²) in [4.78, 5) is 17.9. The summed E-state index contributed by atoms with van der Waals surface area (Å²) in [7, 11) is 1.71. The van der Waals surface area contributed by atoms with E-state index in [4.69, 9.17) is 28.8 Å². The van der Waals surface area contributed by atoms with E-state index >= 15 is 0 Å². The van der Waals surface area contributed by atoms with E-state index in [0.717, 1.165) is 94.0 Å². The Morgan fingerprint density at radius 1 is 0.369 bits per heavy atom. The second-order valence-corrected chi connectivity index (χ2v) is 16.4. The van der Waals surface area contributed by atoms with Gasteiger partial charge in [-0.3, -0.25) is 4.90 Å². The van der Waals surface area contributed by atoms with Crippen molar-refractivity contribution in [1.82, 2.24) is 15.0 Å². The smallest absolute Gasteiger partial charge is 0.239 e. The predicted octanol–water partition coefficient (Wildman–Crippen LogP) is 15.5. The fraction of sp³-hybridized carbons (Fsp3) is 0.0172. The topological polar surface area (TPSA) is 73.5 Å². The normalized spacial score (nSPS) is 12.2. The lowest BCUT2D eigenvalue weighted by molar-refractivity contribution is 0.415. The van der Waals surface area contributed by atoms with E-state index in [1.54, 1.807) is 7.11 Å². The number of methoxy groups -OCH3 is 1. The van der Waals surface area contributed by atoms with Gasteiger partial charge in [-0.15, -0.1) is 0 Å². The van der Waals surface area contributed by atoms with Crippen LogP contribution in [0.4, 0.5) is 17.3 Å². The molecule has 0 saturated carbocycles. The fourth-order valence-electron chi connectivity index (χ4n) is 9.45. The number of rotatable bonds is 6. The molecule has 7 heteroatoms. The lowest BCUT2D eigenvalue weighted by Crippen LogP contribution is -2.19. The third-order valence-corrected chi connectivity index (χ3v) is 12.6. The Hall–Kier alpha value is -8.81. The minimum absolute atomic E-state index is 0.451. The highest BCUT2D eigenvalue weighted by molar-refractivity contribution is 6.28. The van der Waals surface area contributed by atoms with E-state index in [1.807, 2.05) is 42.5 Å². The van der Waals surface area contributed by atoms with Gasteiger partial charge in [0.15, 0.2) is 23.1 Å². The van der Waals surface area contributed by atoms with Crippen LogP contribution in [0, 0.1) is 0 Å². The molecular formula is C58H36N4O3. The van der Waals surface area contributed by atoms with Gasteiger partial charge in [-0.25, -0.2) is 4.98 Å². The number of nitrogens with zero attached hydrogens (tertiary/aromatic N) is 4. The van der Waals surface area contributed by atoms with Crippen molar-refractivity contribution in [2.45, 2.75) is 0 Å². The first-order chi connectivity index (χ1) is 32.1. The molecule has 3 heterocycles. The Kier molecular flexibility index (Phi) is 8.29. The molecule has 306 valence electrons. The maximum Gasteiger partial charge on any atom is 0.239 e. The van der Waals surface area contributed by atoms with Gasteiger partial charge in [0, 0.05) is 28.0 Å². The highest BCUT2D eigenvalue weighted by Crippen LogP contribution is 2.52. The summed E-state index contributed by atoms with van der Waals surface area (Å²) in [6, 6.07) is 68.9. The standard InChI is InChI=1S/C58H36N4O3/c1-63-41-26-27-44-45(30-41)42-22-8-9-23-43(42)46-31-48-49-33-55-51(34-54(49)65-53(48)32-47(44)46)62(50-24-10-11-25-52(50)64-55)58-60-56(39-20-12-18-37(28-39)35-14-4-2-5-15-35)59-57(61-58)40-21-13-19-38(29-40)36-16-6-3-7-17-36/h2-34H,1H3. The summed E-state index contributed by atoms with van der Waals surface area (Å²) >= 11 is 0. The van der Waals surface area contributed by atoms with Gasteiger partial charge in [-0.2, -0.15) is 9.97 Å². The van der Waals surface area contributed by atoms with Crippen LogP contribution in [0.25, 0.3) is 99.3 Å².